The summed E-state index contributed by atoms with van der Waals surface area (Å²) in [5, 5.41) is 4.88. The lowest BCUT2D eigenvalue weighted by Crippen LogP contribution is -2.61. The van der Waals surface area contributed by atoms with Crippen molar-refractivity contribution in [3.05, 3.63) is 332 Å². The molecule has 16 aromatic rings. The molecule has 0 saturated heterocycles. The van der Waals surface area contributed by atoms with Gasteiger partial charge in [-0.25, -0.2) is 0 Å². The van der Waals surface area contributed by atoms with Gasteiger partial charge in [0, 0.05) is 61.4 Å². The molecule has 0 N–H and O–H groups in total. The van der Waals surface area contributed by atoms with Gasteiger partial charge in [0.2, 0.25) is 0 Å². The molecule has 4 heterocycles. The molecule has 2 aromatic heterocycles. The molecule has 103 heavy (non-hydrogen) atoms. The SMILES string of the molecule is CC1(C)CC(C)(C)c2cc(-c3ccc(N4c5ccc(-c6ccccc6)cc5B5c6ccc(-n7c8ccc(-c9ccccc9)cc8c8cc(-c9ccccc9)ccc87)cc6N(c6ccc(-c7ccc8c(c7)C(C)(C)CC8(C)C)cc6)c6cc(-n7c8ccccc8c8ccccc87)cc4c65)cc3)ccc21. The summed E-state index contributed by atoms with van der Waals surface area (Å²) in [6.07, 6.45) is 2.25. The van der Waals surface area contributed by atoms with Crippen LogP contribution in [0.15, 0.2) is 309 Å². The van der Waals surface area contributed by atoms with Crippen LogP contribution in [-0.2, 0) is 21.7 Å². The van der Waals surface area contributed by atoms with Gasteiger partial charge in [-0.15, -0.1) is 0 Å². The van der Waals surface area contributed by atoms with Crippen molar-refractivity contribution in [3.8, 4) is 67.0 Å². The summed E-state index contributed by atoms with van der Waals surface area (Å²) in [7, 11) is 0. The minimum absolute atomic E-state index is 0.0686. The van der Waals surface area contributed by atoms with E-state index in [0.29, 0.717) is 0 Å². The number of para-hydroxylation sites is 2. The molecule has 0 amide bonds. The number of nitrogens with zero attached hydrogens (tertiary/aromatic N) is 4. The van der Waals surface area contributed by atoms with Crippen molar-refractivity contribution in [1.29, 1.82) is 0 Å². The van der Waals surface area contributed by atoms with E-state index in [1.807, 2.05) is 0 Å². The fourth-order valence-electron chi connectivity index (χ4n) is 19.7. The van der Waals surface area contributed by atoms with E-state index < -0.39 is 0 Å². The Morgan fingerprint density at radius 3 is 1.07 bits per heavy atom. The number of rotatable bonds is 9. The number of anilines is 6. The van der Waals surface area contributed by atoms with Crippen LogP contribution in [0.4, 0.5) is 34.1 Å². The van der Waals surface area contributed by atoms with Gasteiger partial charge in [0.1, 0.15) is 0 Å². The molecule has 0 atom stereocenters. The number of benzene rings is 14. The van der Waals surface area contributed by atoms with Crippen LogP contribution < -0.4 is 26.2 Å². The second-order valence-electron chi connectivity index (χ2n) is 32.3. The second kappa shape index (κ2) is 22.4. The van der Waals surface area contributed by atoms with Crippen molar-refractivity contribution >= 4 is 101 Å². The van der Waals surface area contributed by atoms with Gasteiger partial charge in [0.05, 0.1) is 27.8 Å². The highest BCUT2D eigenvalue weighted by Crippen LogP contribution is 2.54. The fraction of sp³-hybridized carbons (Fsp3) is 0.143. The smallest absolute Gasteiger partial charge is 0.252 e. The van der Waals surface area contributed by atoms with Crippen LogP contribution >= 0.6 is 0 Å². The third-order valence-corrected chi connectivity index (χ3v) is 23.9. The zero-order valence-electron chi connectivity index (χ0n) is 59.7. The van der Waals surface area contributed by atoms with E-state index >= 15 is 0 Å². The van der Waals surface area contributed by atoms with E-state index in [-0.39, 0.29) is 28.4 Å². The van der Waals surface area contributed by atoms with Crippen LogP contribution in [0.3, 0.4) is 0 Å². The summed E-state index contributed by atoms with van der Waals surface area (Å²) in [4.78, 5) is 5.22. The lowest BCUT2D eigenvalue weighted by molar-refractivity contribution is 0.402. The molecule has 0 spiro atoms. The molecule has 2 aliphatic heterocycles. The molecule has 4 nitrogen and oxygen atoms in total. The molecule has 0 bridgehead atoms. The van der Waals surface area contributed by atoms with E-state index in [2.05, 4.69) is 384 Å². The van der Waals surface area contributed by atoms with Gasteiger partial charge in [0.15, 0.2) is 0 Å². The second-order valence-corrected chi connectivity index (χ2v) is 32.3. The van der Waals surface area contributed by atoms with Gasteiger partial charge in [-0.05, 0) is 220 Å². The number of hydrogen-bond donors (Lipinski definition) is 0. The Morgan fingerprint density at radius 1 is 0.233 bits per heavy atom. The van der Waals surface area contributed by atoms with Gasteiger partial charge >= 0.3 is 0 Å². The number of hydrogen-bond acceptors (Lipinski definition) is 2. The Kier molecular flexibility index (Phi) is 13.3. The van der Waals surface area contributed by atoms with Crippen LogP contribution in [0.25, 0.3) is 111 Å². The van der Waals surface area contributed by atoms with Gasteiger partial charge in [-0.1, -0.05) is 274 Å². The van der Waals surface area contributed by atoms with Crippen molar-refractivity contribution in [3.63, 3.8) is 0 Å². The minimum Gasteiger partial charge on any atom is -0.311 e. The molecule has 20 rings (SSSR count). The monoisotopic (exact) mass is 1320 g/mol. The Labute approximate surface area is 604 Å². The summed E-state index contributed by atoms with van der Waals surface area (Å²) >= 11 is 0. The number of aromatic nitrogens is 2. The third kappa shape index (κ3) is 9.51. The average Bonchev–Trinajstić information content (AvgIpc) is 1.25. The predicted molar refractivity (Wildman–Crippen MR) is 438 cm³/mol. The predicted octanol–water partition coefficient (Wildman–Crippen LogP) is 24.2. The molecule has 0 unspecified atom stereocenters. The first-order valence-corrected chi connectivity index (χ1v) is 36.8. The van der Waals surface area contributed by atoms with Gasteiger partial charge < -0.3 is 18.9 Å². The fourth-order valence-corrected chi connectivity index (χ4v) is 19.7. The molecule has 14 aromatic carbocycles. The van der Waals surface area contributed by atoms with Crippen molar-refractivity contribution in [1.82, 2.24) is 9.13 Å². The summed E-state index contributed by atoms with van der Waals surface area (Å²) < 4.78 is 5.05. The van der Waals surface area contributed by atoms with E-state index in [0.717, 1.165) is 69.4 Å². The van der Waals surface area contributed by atoms with Crippen molar-refractivity contribution in [2.75, 3.05) is 9.80 Å². The zero-order chi connectivity index (χ0) is 69.4. The first-order chi connectivity index (χ1) is 50.0. The molecule has 494 valence electrons. The third-order valence-electron chi connectivity index (χ3n) is 23.9. The maximum atomic E-state index is 2.63. The topological polar surface area (TPSA) is 16.3 Å². The number of fused-ring (bicyclic) bond motifs is 12. The highest BCUT2D eigenvalue weighted by molar-refractivity contribution is 7.00. The van der Waals surface area contributed by atoms with Gasteiger partial charge in [-0.3, -0.25) is 0 Å². The Balaban J connectivity index is 0.857. The highest BCUT2D eigenvalue weighted by Gasteiger charge is 2.46. The molecule has 0 fully saturated rings. The van der Waals surface area contributed by atoms with Crippen LogP contribution in [0.5, 0.6) is 0 Å². The summed E-state index contributed by atoms with van der Waals surface area (Å²) in [6.45, 7) is 19.1. The van der Waals surface area contributed by atoms with Crippen molar-refractivity contribution in [2.24, 2.45) is 0 Å². The average molecular weight is 1320 g/mol. The summed E-state index contributed by atoms with van der Waals surface area (Å²) in [5.74, 6) is 0. The van der Waals surface area contributed by atoms with Crippen LogP contribution in [0.1, 0.15) is 90.5 Å². The molecule has 5 heteroatoms. The van der Waals surface area contributed by atoms with E-state index in [4.69, 9.17) is 0 Å². The van der Waals surface area contributed by atoms with Crippen LogP contribution in [0, 0.1) is 0 Å². The van der Waals surface area contributed by atoms with Crippen molar-refractivity contribution in [2.45, 2.75) is 89.9 Å². The van der Waals surface area contributed by atoms with E-state index in [9.17, 15) is 0 Å². The van der Waals surface area contributed by atoms with Crippen LogP contribution in [0.2, 0.25) is 0 Å². The maximum Gasteiger partial charge on any atom is 0.252 e. The Hall–Kier alpha value is -11.7. The van der Waals surface area contributed by atoms with Crippen LogP contribution in [-0.4, -0.2) is 15.8 Å². The maximum absolute atomic E-state index is 2.63. The van der Waals surface area contributed by atoms with Gasteiger partial charge in [0.25, 0.3) is 6.71 Å². The molecule has 2 aliphatic carbocycles. The standard InChI is InChI=1S/C98H79BN4/c1-95(2)60-97(5,6)82-54-69(36-46-80(82)95)65-32-41-72(42-33-65)100-90-51-40-71(64-26-16-11-17-27-64)56-85(90)99-84-48-45-74(102-88-49-38-67(62-22-12-9-13-23-62)52-78(88)79-53-68(39-50-89(79)102)63-24-14-10-15-25-63)57-91(84)101(73-43-34-66(35-44-73)70-37-47-81-83(55-70)98(7,8)61-96(81,3)4)93-59-75(58-92(100)94(93)99)103-86-30-20-18-28-76(86)77-29-19-21-31-87(77)103/h9-59H,60-61H2,1-8H3. The molecule has 4 aliphatic rings. The molecular weight excluding hydrogens is 1240 g/mol. The highest BCUT2D eigenvalue weighted by atomic mass is 15.2. The first kappa shape index (κ1) is 61.2. The van der Waals surface area contributed by atoms with E-state index in [1.165, 1.54) is 127 Å². The Morgan fingerprint density at radius 2 is 0.583 bits per heavy atom. The first-order valence-electron chi connectivity index (χ1n) is 36.8. The lowest BCUT2D eigenvalue weighted by Gasteiger charge is -2.44. The summed E-state index contributed by atoms with van der Waals surface area (Å²) in [5.41, 5.74) is 35.7. The lowest BCUT2D eigenvalue weighted by atomic mass is 9.33. The van der Waals surface area contributed by atoms with Gasteiger partial charge in [-0.2, -0.15) is 0 Å². The quantitative estimate of drug-likeness (QED) is 0.134. The van der Waals surface area contributed by atoms with E-state index in [1.54, 1.807) is 0 Å². The molecular formula is C98H79BN4. The molecule has 0 radical (unpaired) electrons. The zero-order valence-corrected chi connectivity index (χ0v) is 59.7. The van der Waals surface area contributed by atoms with Crippen molar-refractivity contribution < 1.29 is 0 Å². The Bertz CT molecular complexity index is 6020. The minimum atomic E-state index is -0.177. The largest absolute Gasteiger partial charge is 0.311 e. The summed E-state index contributed by atoms with van der Waals surface area (Å²) in [6, 6.07) is 118. The molecule has 0 saturated carbocycles. The normalized spacial score (nSPS) is 15.6.